The third-order valence-electron chi connectivity index (χ3n) is 5.39. The van der Waals surface area contributed by atoms with Crippen molar-refractivity contribution >= 4 is 0 Å². The largest absolute Gasteiger partial charge is 0.389 e. The average molecular weight is 299 g/mol. The highest BCUT2D eigenvalue weighted by Crippen LogP contribution is 2.29. The molecule has 0 aliphatic heterocycles. The van der Waals surface area contributed by atoms with Crippen molar-refractivity contribution in [3.63, 3.8) is 0 Å². The lowest BCUT2D eigenvalue weighted by atomic mass is 9.81. The lowest BCUT2D eigenvalue weighted by Crippen LogP contribution is -2.39. The summed E-state index contributed by atoms with van der Waals surface area (Å²) >= 11 is 0. The second-order valence-electron chi connectivity index (χ2n) is 7.75. The molecular weight excluding hydrogens is 262 g/mol. The zero-order chi connectivity index (χ0) is 15.9. The highest BCUT2D eigenvalue weighted by molar-refractivity contribution is 4.77. The summed E-state index contributed by atoms with van der Waals surface area (Å²) in [6.07, 6.45) is 6.24. The van der Waals surface area contributed by atoms with Gasteiger partial charge in [0.05, 0.1) is 18.8 Å². The number of aliphatic hydroxyl groups excluding tert-OH is 1. The molecule has 0 amide bonds. The van der Waals surface area contributed by atoms with Crippen LogP contribution in [0.5, 0.6) is 0 Å². The zero-order valence-electron chi connectivity index (χ0n) is 14.8. The van der Waals surface area contributed by atoms with Crippen LogP contribution < -0.4 is 5.32 Å². The van der Waals surface area contributed by atoms with Crippen LogP contribution in [-0.4, -0.2) is 37.0 Å². The Morgan fingerprint density at radius 2 is 1.90 bits per heavy atom. The van der Waals surface area contributed by atoms with Gasteiger partial charge in [-0.2, -0.15) is 0 Å². The standard InChI is InChI=1S/C18H37NO2/c1-6-15-9-7-8-10-17(15)21-12-16(20)11-19-13-18(4,5)14(2)3/h14-17,19-20H,6-13H2,1-5H3. The first kappa shape index (κ1) is 18.9. The van der Waals surface area contributed by atoms with Crippen LogP contribution in [0.4, 0.5) is 0 Å². The van der Waals surface area contributed by atoms with Gasteiger partial charge in [0.25, 0.3) is 0 Å². The van der Waals surface area contributed by atoms with Gasteiger partial charge in [0.1, 0.15) is 0 Å². The van der Waals surface area contributed by atoms with Crippen LogP contribution >= 0.6 is 0 Å². The Kier molecular flexibility index (Phi) is 8.22. The van der Waals surface area contributed by atoms with E-state index in [0.717, 1.165) is 6.54 Å². The molecule has 0 aromatic rings. The summed E-state index contributed by atoms with van der Waals surface area (Å²) in [5, 5.41) is 13.5. The van der Waals surface area contributed by atoms with Crippen molar-refractivity contribution in [1.29, 1.82) is 0 Å². The minimum atomic E-state index is -0.396. The summed E-state index contributed by atoms with van der Waals surface area (Å²) in [5.41, 5.74) is 0.261. The van der Waals surface area contributed by atoms with Crippen molar-refractivity contribution in [2.24, 2.45) is 17.3 Å². The van der Waals surface area contributed by atoms with Crippen molar-refractivity contribution in [2.45, 2.75) is 78.9 Å². The molecular formula is C18H37NO2. The van der Waals surface area contributed by atoms with Gasteiger partial charge >= 0.3 is 0 Å². The molecule has 1 aliphatic carbocycles. The molecule has 126 valence electrons. The monoisotopic (exact) mass is 299 g/mol. The molecule has 3 nitrogen and oxygen atoms in total. The topological polar surface area (TPSA) is 41.5 Å². The molecule has 0 radical (unpaired) electrons. The van der Waals surface area contributed by atoms with E-state index in [0.29, 0.717) is 31.1 Å². The van der Waals surface area contributed by atoms with E-state index in [9.17, 15) is 5.11 Å². The fourth-order valence-corrected chi connectivity index (χ4v) is 2.92. The molecule has 3 heteroatoms. The fourth-order valence-electron chi connectivity index (χ4n) is 2.92. The molecule has 1 aliphatic rings. The van der Waals surface area contributed by atoms with Crippen molar-refractivity contribution in [1.82, 2.24) is 5.32 Å². The van der Waals surface area contributed by atoms with E-state index in [4.69, 9.17) is 4.74 Å². The molecule has 1 saturated carbocycles. The van der Waals surface area contributed by atoms with Crippen LogP contribution in [0.25, 0.3) is 0 Å². The Hall–Kier alpha value is -0.120. The van der Waals surface area contributed by atoms with Crippen molar-refractivity contribution in [3.05, 3.63) is 0 Å². The van der Waals surface area contributed by atoms with E-state index in [2.05, 4.69) is 39.9 Å². The quantitative estimate of drug-likeness (QED) is 0.683. The minimum absolute atomic E-state index is 0.261. The number of rotatable bonds is 9. The van der Waals surface area contributed by atoms with Crippen molar-refractivity contribution in [2.75, 3.05) is 19.7 Å². The van der Waals surface area contributed by atoms with Gasteiger partial charge in [-0.15, -0.1) is 0 Å². The van der Waals surface area contributed by atoms with E-state index in [1.165, 1.54) is 32.1 Å². The molecule has 0 heterocycles. The van der Waals surface area contributed by atoms with Crippen LogP contribution in [0.1, 0.15) is 66.7 Å². The highest BCUT2D eigenvalue weighted by Gasteiger charge is 2.25. The van der Waals surface area contributed by atoms with E-state index in [-0.39, 0.29) is 5.41 Å². The summed E-state index contributed by atoms with van der Waals surface area (Å²) < 4.78 is 5.99. The van der Waals surface area contributed by atoms with Gasteiger partial charge in [0.15, 0.2) is 0 Å². The molecule has 0 bridgehead atoms. The molecule has 0 spiro atoms. The van der Waals surface area contributed by atoms with Crippen LogP contribution in [-0.2, 0) is 4.74 Å². The third-order valence-corrected chi connectivity index (χ3v) is 5.39. The van der Waals surface area contributed by atoms with Gasteiger partial charge in [0, 0.05) is 13.1 Å². The average Bonchev–Trinajstić information content (AvgIpc) is 2.45. The van der Waals surface area contributed by atoms with E-state index >= 15 is 0 Å². The number of ether oxygens (including phenoxy) is 1. The van der Waals surface area contributed by atoms with Gasteiger partial charge in [-0.05, 0) is 30.1 Å². The summed E-state index contributed by atoms with van der Waals surface area (Å²) in [6.45, 7) is 13.3. The number of hydrogen-bond acceptors (Lipinski definition) is 3. The lowest BCUT2D eigenvalue weighted by molar-refractivity contribution is -0.0503. The molecule has 3 atom stereocenters. The smallest absolute Gasteiger partial charge is 0.0897 e. The summed E-state index contributed by atoms with van der Waals surface area (Å²) in [4.78, 5) is 0. The van der Waals surface area contributed by atoms with Gasteiger partial charge in [-0.3, -0.25) is 0 Å². The van der Waals surface area contributed by atoms with Gasteiger partial charge < -0.3 is 15.2 Å². The Morgan fingerprint density at radius 3 is 2.52 bits per heavy atom. The maximum absolute atomic E-state index is 10.1. The predicted molar refractivity (Wildman–Crippen MR) is 89.5 cm³/mol. The van der Waals surface area contributed by atoms with Gasteiger partial charge in [0.2, 0.25) is 0 Å². The second kappa shape index (κ2) is 9.12. The summed E-state index contributed by atoms with van der Waals surface area (Å²) in [7, 11) is 0. The van der Waals surface area contributed by atoms with Crippen LogP contribution in [0.15, 0.2) is 0 Å². The highest BCUT2D eigenvalue weighted by atomic mass is 16.5. The number of aliphatic hydroxyl groups is 1. The lowest BCUT2D eigenvalue weighted by Gasteiger charge is -2.32. The first-order valence-corrected chi connectivity index (χ1v) is 8.87. The van der Waals surface area contributed by atoms with Gasteiger partial charge in [-0.25, -0.2) is 0 Å². The fraction of sp³-hybridized carbons (Fsp3) is 1.00. The maximum atomic E-state index is 10.1. The van der Waals surface area contributed by atoms with Crippen molar-refractivity contribution < 1.29 is 9.84 Å². The van der Waals surface area contributed by atoms with Crippen molar-refractivity contribution in [3.8, 4) is 0 Å². The number of nitrogens with one attached hydrogen (secondary N) is 1. The molecule has 0 aromatic carbocycles. The SMILES string of the molecule is CCC1CCCCC1OCC(O)CNCC(C)(C)C(C)C. The van der Waals surface area contributed by atoms with Gasteiger partial charge in [-0.1, -0.05) is 53.9 Å². The number of hydrogen-bond donors (Lipinski definition) is 2. The molecule has 0 aromatic heterocycles. The molecule has 3 unspecified atom stereocenters. The predicted octanol–water partition coefficient (Wildman–Crippen LogP) is 3.60. The van der Waals surface area contributed by atoms with E-state index in [1.807, 2.05) is 0 Å². The summed E-state index contributed by atoms with van der Waals surface area (Å²) in [6, 6.07) is 0. The normalized spacial score (nSPS) is 25.3. The summed E-state index contributed by atoms with van der Waals surface area (Å²) in [5.74, 6) is 1.32. The molecule has 21 heavy (non-hydrogen) atoms. The van der Waals surface area contributed by atoms with Crippen LogP contribution in [0.3, 0.4) is 0 Å². The Morgan fingerprint density at radius 1 is 1.24 bits per heavy atom. The first-order valence-electron chi connectivity index (χ1n) is 8.87. The second-order valence-corrected chi connectivity index (χ2v) is 7.75. The minimum Gasteiger partial charge on any atom is -0.389 e. The Balaban J connectivity index is 2.20. The first-order chi connectivity index (χ1) is 9.86. The Bertz CT molecular complexity index is 278. The Labute approximate surface area is 131 Å². The van der Waals surface area contributed by atoms with Crippen LogP contribution in [0, 0.1) is 17.3 Å². The molecule has 1 rings (SSSR count). The zero-order valence-corrected chi connectivity index (χ0v) is 14.8. The maximum Gasteiger partial charge on any atom is 0.0897 e. The van der Waals surface area contributed by atoms with E-state index < -0.39 is 6.10 Å². The third kappa shape index (κ3) is 6.66. The molecule has 1 fully saturated rings. The molecule has 0 saturated heterocycles. The van der Waals surface area contributed by atoms with E-state index in [1.54, 1.807) is 0 Å². The molecule has 2 N–H and O–H groups in total. The van der Waals surface area contributed by atoms with Crippen LogP contribution in [0.2, 0.25) is 0 Å².